The van der Waals surface area contributed by atoms with Gasteiger partial charge in [-0.2, -0.15) is 4.39 Å². The van der Waals surface area contributed by atoms with Gasteiger partial charge in [-0.05, 0) is 55.2 Å². The van der Waals surface area contributed by atoms with Crippen LogP contribution in [0.1, 0.15) is 24.5 Å². The molecule has 0 radical (unpaired) electrons. The van der Waals surface area contributed by atoms with E-state index < -0.39 is 23.0 Å². The molecular weight excluding hydrogens is 485 g/mol. The summed E-state index contributed by atoms with van der Waals surface area (Å²) in [5, 5.41) is 2.80. The fourth-order valence-corrected chi connectivity index (χ4v) is 3.76. The minimum absolute atomic E-state index is 0.108. The van der Waals surface area contributed by atoms with Gasteiger partial charge in [0.1, 0.15) is 5.75 Å². The summed E-state index contributed by atoms with van der Waals surface area (Å²) < 4.78 is 36.3. The van der Waals surface area contributed by atoms with E-state index in [9.17, 15) is 18.8 Å². The SMILES string of the molecule is CCOc1ccc(CCc2cc(OC)c(OC)c(OC)c2)cc1NC(=O)CCn1cc(F)c(=O)[nH]c1=O. The van der Waals surface area contributed by atoms with Gasteiger partial charge in [-0.15, -0.1) is 0 Å². The van der Waals surface area contributed by atoms with Gasteiger partial charge in [-0.25, -0.2) is 4.79 Å². The third kappa shape index (κ3) is 6.90. The molecule has 0 aliphatic carbocycles. The van der Waals surface area contributed by atoms with Gasteiger partial charge >= 0.3 is 5.69 Å². The summed E-state index contributed by atoms with van der Waals surface area (Å²) in [5.74, 6) is 0.655. The summed E-state index contributed by atoms with van der Waals surface area (Å²) in [6, 6.07) is 9.31. The molecule has 0 bridgehead atoms. The maximum Gasteiger partial charge on any atom is 0.328 e. The predicted molar refractivity (Wildman–Crippen MR) is 136 cm³/mol. The predicted octanol–water partition coefficient (Wildman–Crippen LogP) is 2.91. The van der Waals surface area contributed by atoms with Crippen LogP contribution in [0.4, 0.5) is 10.1 Å². The molecule has 0 saturated carbocycles. The number of amides is 1. The van der Waals surface area contributed by atoms with E-state index in [0.29, 0.717) is 48.1 Å². The second-order valence-corrected chi connectivity index (χ2v) is 8.02. The maximum absolute atomic E-state index is 13.5. The number of rotatable bonds is 12. The molecule has 2 N–H and O–H groups in total. The monoisotopic (exact) mass is 515 g/mol. The number of anilines is 1. The minimum Gasteiger partial charge on any atom is -0.493 e. The topological polar surface area (TPSA) is 121 Å². The van der Waals surface area contributed by atoms with E-state index in [0.717, 1.165) is 21.9 Å². The van der Waals surface area contributed by atoms with Crippen molar-refractivity contribution in [2.75, 3.05) is 33.3 Å². The van der Waals surface area contributed by atoms with Gasteiger partial charge in [0.15, 0.2) is 11.5 Å². The molecule has 1 heterocycles. The lowest BCUT2D eigenvalue weighted by Crippen LogP contribution is -2.32. The largest absolute Gasteiger partial charge is 0.493 e. The van der Waals surface area contributed by atoms with Crippen LogP contribution in [-0.2, 0) is 24.2 Å². The number of nitrogens with one attached hydrogen (secondary N) is 2. The Kier molecular flexibility index (Phi) is 9.31. The number of methoxy groups -OCH3 is 3. The molecule has 0 unspecified atom stereocenters. The van der Waals surface area contributed by atoms with Crippen molar-refractivity contribution in [1.82, 2.24) is 9.55 Å². The number of hydrogen-bond donors (Lipinski definition) is 2. The molecule has 198 valence electrons. The van der Waals surface area contributed by atoms with Gasteiger partial charge in [-0.3, -0.25) is 19.1 Å². The van der Waals surface area contributed by atoms with E-state index in [2.05, 4.69) is 5.32 Å². The van der Waals surface area contributed by atoms with Gasteiger partial charge in [-0.1, -0.05) is 6.07 Å². The van der Waals surface area contributed by atoms with E-state index in [1.807, 2.05) is 36.2 Å². The number of aromatic amines is 1. The lowest BCUT2D eigenvalue weighted by Gasteiger charge is -2.15. The fourth-order valence-electron chi connectivity index (χ4n) is 3.76. The molecule has 11 heteroatoms. The molecule has 3 rings (SSSR count). The number of carbonyl (C=O) groups is 1. The number of aromatic nitrogens is 2. The third-order valence-corrected chi connectivity index (χ3v) is 5.59. The molecule has 0 saturated heterocycles. The average Bonchev–Trinajstić information content (AvgIpc) is 2.89. The van der Waals surface area contributed by atoms with Crippen LogP contribution in [0, 0.1) is 5.82 Å². The van der Waals surface area contributed by atoms with Gasteiger partial charge < -0.3 is 24.3 Å². The van der Waals surface area contributed by atoms with Crippen LogP contribution in [-0.4, -0.2) is 43.4 Å². The van der Waals surface area contributed by atoms with Gasteiger partial charge in [0, 0.05) is 13.0 Å². The lowest BCUT2D eigenvalue weighted by atomic mass is 10.0. The Labute approximate surface area is 212 Å². The van der Waals surface area contributed by atoms with E-state index in [1.165, 1.54) is 0 Å². The van der Waals surface area contributed by atoms with Crippen molar-refractivity contribution in [3.8, 4) is 23.0 Å². The highest BCUT2D eigenvalue weighted by Crippen LogP contribution is 2.38. The van der Waals surface area contributed by atoms with E-state index in [1.54, 1.807) is 27.4 Å². The number of aryl methyl sites for hydroxylation is 3. The minimum atomic E-state index is -1.10. The zero-order valence-corrected chi connectivity index (χ0v) is 21.2. The Hall–Kier alpha value is -4.28. The van der Waals surface area contributed by atoms with Crippen molar-refractivity contribution < 1.29 is 28.1 Å². The number of hydrogen-bond acceptors (Lipinski definition) is 7. The van der Waals surface area contributed by atoms with E-state index in [4.69, 9.17) is 18.9 Å². The average molecular weight is 516 g/mol. The summed E-state index contributed by atoms with van der Waals surface area (Å²) in [6.45, 7) is 2.13. The molecule has 3 aromatic rings. The first-order valence-corrected chi connectivity index (χ1v) is 11.6. The second-order valence-electron chi connectivity index (χ2n) is 8.02. The molecule has 10 nitrogen and oxygen atoms in total. The molecule has 0 aliphatic rings. The van der Waals surface area contributed by atoms with Crippen molar-refractivity contribution in [3.05, 3.63) is 74.3 Å². The number of benzene rings is 2. The molecular formula is C26H30FN3O7. The van der Waals surface area contributed by atoms with Crippen LogP contribution < -0.4 is 35.5 Å². The number of ether oxygens (including phenoxy) is 4. The molecule has 0 spiro atoms. The van der Waals surface area contributed by atoms with Crippen LogP contribution >= 0.6 is 0 Å². The van der Waals surface area contributed by atoms with Crippen molar-refractivity contribution >= 4 is 11.6 Å². The highest BCUT2D eigenvalue weighted by atomic mass is 19.1. The number of H-pyrrole nitrogens is 1. The normalized spacial score (nSPS) is 10.6. The summed E-state index contributed by atoms with van der Waals surface area (Å²) in [4.78, 5) is 37.5. The highest BCUT2D eigenvalue weighted by molar-refractivity contribution is 5.92. The zero-order chi connectivity index (χ0) is 26.9. The zero-order valence-electron chi connectivity index (χ0n) is 21.2. The van der Waals surface area contributed by atoms with Crippen molar-refractivity contribution in [1.29, 1.82) is 0 Å². The fraction of sp³-hybridized carbons (Fsp3) is 0.346. The quantitative estimate of drug-likeness (QED) is 0.381. The van der Waals surface area contributed by atoms with Crippen LogP contribution in [0.15, 0.2) is 46.1 Å². The number of nitrogens with zero attached hydrogens (tertiary/aromatic N) is 1. The van der Waals surface area contributed by atoms with Crippen LogP contribution in [0.2, 0.25) is 0 Å². The van der Waals surface area contributed by atoms with Gasteiger partial charge in [0.2, 0.25) is 17.5 Å². The summed E-state index contributed by atoms with van der Waals surface area (Å²) >= 11 is 0. The highest BCUT2D eigenvalue weighted by Gasteiger charge is 2.14. The van der Waals surface area contributed by atoms with Crippen molar-refractivity contribution in [2.45, 2.75) is 32.7 Å². The number of halogens is 1. The third-order valence-electron chi connectivity index (χ3n) is 5.59. The van der Waals surface area contributed by atoms with Crippen LogP contribution in [0.3, 0.4) is 0 Å². The molecule has 37 heavy (non-hydrogen) atoms. The Morgan fingerprint density at radius 1 is 0.973 bits per heavy atom. The lowest BCUT2D eigenvalue weighted by molar-refractivity contribution is -0.116. The molecule has 0 atom stereocenters. The Morgan fingerprint density at radius 2 is 1.65 bits per heavy atom. The summed E-state index contributed by atoms with van der Waals surface area (Å²) in [7, 11) is 4.67. The smallest absolute Gasteiger partial charge is 0.328 e. The maximum atomic E-state index is 13.5. The first kappa shape index (κ1) is 27.3. The van der Waals surface area contributed by atoms with Crippen LogP contribution in [0.25, 0.3) is 0 Å². The molecule has 1 amide bonds. The number of carbonyl (C=O) groups excluding carboxylic acids is 1. The van der Waals surface area contributed by atoms with E-state index in [-0.39, 0.29) is 13.0 Å². The Morgan fingerprint density at radius 3 is 2.27 bits per heavy atom. The summed E-state index contributed by atoms with van der Waals surface area (Å²) in [6.07, 6.45) is 1.98. The Balaban J connectivity index is 1.73. The van der Waals surface area contributed by atoms with Crippen molar-refractivity contribution in [2.24, 2.45) is 0 Å². The first-order chi connectivity index (χ1) is 17.8. The molecule has 2 aromatic carbocycles. The van der Waals surface area contributed by atoms with Gasteiger partial charge in [0.25, 0.3) is 5.56 Å². The molecule has 1 aromatic heterocycles. The molecule has 0 aliphatic heterocycles. The Bertz CT molecular complexity index is 1340. The van der Waals surface area contributed by atoms with Gasteiger partial charge in [0.05, 0.1) is 39.8 Å². The van der Waals surface area contributed by atoms with Crippen LogP contribution in [0.5, 0.6) is 23.0 Å². The van der Waals surface area contributed by atoms with Crippen molar-refractivity contribution in [3.63, 3.8) is 0 Å². The standard InChI is InChI=1S/C26H30FN3O7/c1-5-37-20-9-8-16(6-7-17-13-21(34-2)24(36-4)22(14-17)35-3)12-19(20)28-23(31)10-11-30-15-18(27)25(32)29-26(30)33/h8-9,12-15H,5-7,10-11H2,1-4H3,(H,28,31)(H,29,32,33). The second kappa shape index (κ2) is 12.6. The van der Waals surface area contributed by atoms with E-state index >= 15 is 0 Å². The first-order valence-electron chi connectivity index (χ1n) is 11.6. The summed E-state index contributed by atoms with van der Waals surface area (Å²) in [5.41, 5.74) is 0.520. The molecule has 0 fully saturated rings.